The van der Waals surface area contributed by atoms with Crippen molar-refractivity contribution in [1.82, 2.24) is 0 Å². The van der Waals surface area contributed by atoms with Crippen LogP contribution in [0.5, 0.6) is 0 Å². The third-order valence-electron chi connectivity index (χ3n) is 4.84. The van der Waals surface area contributed by atoms with Gasteiger partial charge in [-0.1, -0.05) is 44.9 Å². The van der Waals surface area contributed by atoms with Gasteiger partial charge in [0.1, 0.15) is 0 Å². The number of hydrogen-bond acceptors (Lipinski definition) is 0. The summed E-state index contributed by atoms with van der Waals surface area (Å²) in [7, 11) is 0. The molecule has 0 radical (unpaired) electrons. The van der Waals surface area contributed by atoms with Crippen molar-refractivity contribution >= 4 is 11.6 Å². The Morgan fingerprint density at radius 1 is 0.800 bits per heavy atom. The molecule has 2 aliphatic carbocycles. The lowest BCUT2D eigenvalue weighted by Gasteiger charge is -2.42. The predicted molar refractivity (Wildman–Crippen MR) is 67.4 cm³/mol. The monoisotopic (exact) mass is 228 g/mol. The minimum Gasteiger partial charge on any atom is -0.126 e. The van der Waals surface area contributed by atoms with Gasteiger partial charge in [0.15, 0.2) is 0 Å². The Morgan fingerprint density at radius 3 is 1.87 bits per heavy atom. The number of halogens is 1. The highest BCUT2D eigenvalue weighted by Crippen LogP contribution is 2.48. The van der Waals surface area contributed by atoms with Crippen LogP contribution in [0, 0.1) is 11.3 Å². The van der Waals surface area contributed by atoms with Crippen molar-refractivity contribution in [1.29, 1.82) is 0 Å². The lowest BCUT2D eigenvalue weighted by molar-refractivity contribution is 0.110. The molecule has 0 atom stereocenters. The van der Waals surface area contributed by atoms with Gasteiger partial charge in [-0.25, -0.2) is 0 Å². The Bertz CT molecular complexity index is 174. The summed E-state index contributed by atoms with van der Waals surface area (Å²) in [5, 5.41) is 0. The van der Waals surface area contributed by atoms with Crippen molar-refractivity contribution in [3.63, 3.8) is 0 Å². The zero-order valence-corrected chi connectivity index (χ0v) is 10.7. The van der Waals surface area contributed by atoms with Gasteiger partial charge >= 0.3 is 0 Å². The molecule has 0 aromatic rings. The minimum atomic E-state index is 0.546. The molecule has 0 spiro atoms. The average molecular weight is 229 g/mol. The van der Waals surface area contributed by atoms with Crippen molar-refractivity contribution in [2.24, 2.45) is 11.3 Å². The number of hydrogen-bond donors (Lipinski definition) is 0. The highest BCUT2D eigenvalue weighted by molar-refractivity contribution is 6.18. The Morgan fingerprint density at radius 2 is 1.33 bits per heavy atom. The lowest BCUT2D eigenvalue weighted by Crippen LogP contribution is -2.34. The van der Waals surface area contributed by atoms with E-state index in [4.69, 9.17) is 11.6 Å². The summed E-state index contributed by atoms with van der Waals surface area (Å²) in [6, 6.07) is 0. The highest BCUT2D eigenvalue weighted by atomic mass is 35.5. The molecule has 0 aliphatic heterocycles. The van der Waals surface area contributed by atoms with Crippen LogP contribution in [0.2, 0.25) is 0 Å². The lowest BCUT2D eigenvalue weighted by atomic mass is 9.65. The molecule has 2 aliphatic rings. The Balaban J connectivity index is 2.01. The van der Waals surface area contributed by atoms with Crippen LogP contribution in [0.25, 0.3) is 0 Å². The smallest absolute Gasteiger partial charge is 0.0282 e. The van der Waals surface area contributed by atoms with E-state index in [0.29, 0.717) is 5.41 Å². The molecule has 2 saturated carbocycles. The van der Waals surface area contributed by atoms with Crippen LogP contribution in [0.15, 0.2) is 0 Å². The maximum Gasteiger partial charge on any atom is 0.0282 e. The van der Waals surface area contributed by atoms with E-state index in [1.165, 1.54) is 70.6 Å². The van der Waals surface area contributed by atoms with E-state index >= 15 is 0 Å². The van der Waals surface area contributed by atoms with Gasteiger partial charge in [-0.15, -0.1) is 11.6 Å². The fourth-order valence-electron chi connectivity index (χ4n) is 3.80. The van der Waals surface area contributed by atoms with E-state index in [0.717, 1.165) is 11.8 Å². The average Bonchev–Trinajstić information content (AvgIpc) is 2.59. The first kappa shape index (κ1) is 11.8. The van der Waals surface area contributed by atoms with Crippen molar-refractivity contribution < 1.29 is 0 Å². The van der Waals surface area contributed by atoms with E-state index < -0.39 is 0 Å². The third kappa shape index (κ3) is 2.70. The molecule has 0 unspecified atom stereocenters. The first-order chi connectivity index (χ1) is 7.37. The Labute approximate surface area is 99.8 Å². The summed E-state index contributed by atoms with van der Waals surface area (Å²) in [5.74, 6) is 1.88. The molecule has 0 aromatic heterocycles. The van der Waals surface area contributed by atoms with E-state index in [-0.39, 0.29) is 0 Å². The molecule has 88 valence electrons. The molecule has 0 nitrogen and oxygen atoms in total. The first-order valence-corrected chi connectivity index (χ1v) is 7.47. The van der Waals surface area contributed by atoms with Gasteiger partial charge in [-0.05, 0) is 37.0 Å². The van der Waals surface area contributed by atoms with Crippen molar-refractivity contribution in [3.05, 3.63) is 0 Å². The van der Waals surface area contributed by atoms with E-state index in [2.05, 4.69) is 0 Å². The van der Waals surface area contributed by atoms with Gasteiger partial charge in [0, 0.05) is 5.88 Å². The number of alkyl halides is 1. The molecule has 2 rings (SSSR count). The summed E-state index contributed by atoms with van der Waals surface area (Å²) >= 11 is 6.32. The van der Waals surface area contributed by atoms with Gasteiger partial charge in [0.2, 0.25) is 0 Å². The van der Waals surface area contributed by atoms with Crippen LogP contribution < -0.4 is 0 Å². The van der Waals surface area contributed by atoms with Crippen molar-refractivity contribution in [2.75, 3.05) is 5.88 Å². The quantitative estimate of drug-likeness (QED) is 0.453. The van der Waals surface area contributed by atoms with Crippen LogP contribution in [0.4, 0.5) is 0 Å². The van der Waals surface area contributed by atoms with Gasteiger partial charge in [0.25, 0.3) is 0 Å². The maximum atomic E-state index is 6.32. The summed E-state index contributed by atoms with van der Waals surface area (Å²) in [6.45, 7) is 0. The second-order valence-corrected chi connectivity index (χ2v) is 6.01. The summed E-state index contributed by atoms with van der Waals surface area (Å²) in [6.07, 6.45) is 15.9. The van der Waals surface area contributed by atoms with E-state index in [1.807, 2.05) is 0 Å². The fraction of sp³-hybridized carbons (Fsp3) is 1.00. The standard InChI is InChI=1S/C14H25Cl/c15-12-14(10-6-3-7-11-14)13-8-4-1-2-5-9-13/h13H,1-12H2. The van der Waals surface area contributed by atoms with Crippen LogP contribution in [0.1, 0.15) is 70.6 Å². The van der Waals surface area contributed by atoms with Crippen LogP contribution >= 0.6 is 11.6 Å². The minimum absolute atomic E-state index is 0.546. The Kier molecular flexibility index (Phi) is 4.37. The predicted octanol–water partition coefficient (Wildman–Crippen LogP) is 5.15. The molecule has 0 aromatic carbocycles. The molecular weight excluding hydrogens is 204 g/mol. The van der Waals surface area contributed by atoms with Crippen molar-refractivity contribution in [3.8, 4) is 0 Å². The topological polar surface area (TPSA) is 0 Å². The molecule has 0 amide bonds. The van der Waals surface area contributed by atoms with E-state index in [9.17, 15) is 0 Å². The van der Waals surface area contributed by atoms with Crippen molar-refractivity contribution in [2.45, 2.75) is 70.6 Å². The summed E-state index contributed by atoms with van der Waals surface area (Å²) in [5.41, 5.74) is 0.546. The van der Waals surface area contributed by atoms with Crippen LogP contribution in [-0.2, 0) is 0 Å². The first-order valence-electron chi connectivity index (χ1n) is 6.93. The third-order valence-corrected chi connectivity index (χ3v) is 5.37. The number of rotatable bonds is 2. The largest absolute Gasteiger partial charge is 0.126 e. The molecular formula is C14H25Cl. The zero-order chi connectivity index (χ0) is 10.6. The molecule has 0 saturated heterocycles. The van der Waals surface area contributed by atoms with Gasteiger partial charge in [-0.3, -0.25) is 0 Å². The second-order valence-electron chi connectivity index (χ2n) is 5.75. The maximum absolute atomic E-state index is 6.32. The van der Waals surface area contributed by atoms with Gasteiger partial charge in [0.05, 0.1) is 0 Å². The second kappa shape index (κ2) is 5.57. The summed E-state index contributed by atoms with van der Waals surface area (Å²) in [4.78, 5) is 0. The fourth-order valence-corrected chi connectivity index (χ4v) is 4.28. The highest BCUT2D eigenvalue weighted by Gasteiger charge is 2.38. The molecule has 0 N–H and O–H groups in total. The molecule has 0 bridgehead atoms. The molecule has 15 heavy (non-hydrogen) atoms. The molecule has 0 heterocycles. The van der Waals surface area contributed by atoms with Crippen LogP contribution in [0.3, 0.4) is 0 Å². The van der Waals surface area contributed by atoms with Gasteiger partial charge in [-0.2, -0.15) is 0 Å². The van der Waals surface area contributed by atoms with E-state index in [1.54, 1.807) is 0 Å². The SMILES string of the molecule is ClCC1(C2CCCCCC2)CCCCC1. The normalized spacial score (nSPS) is 28.6. The Hall–Kier alpha value is 0.290. The zero-order valence-electron chi connectivity index (χ0n) is 9.94. The summed E-state index contributed by atoms with van der Waals surface area (Å²) < 4.78 is 0. The molecule has 1 heteroatoms. The van der Waals surface area contributed by atoms with Crippen LogP contribution in [-0.4, -0.2) is 5.88 Å². The molecule has 2 fully saturated rings. The van der Waals surface area contributed by atoms with Gasteiger partial charge < -0.3 is 0 Å².